The number of aryl methyl sites for hydroxylation is 2. The second-order valence-corrected chi connectivity index (χ2v) is 6.22. The van der Waals surface area contributed by atoms with Crippen LogP contribution < -0.4 is 19.5 Å². The zero-order chi connectivity index (χ0) is 19.5. The maximum absolute atomic E-state index is 12.0. The Hall–Kier alpha value is -2.69. The van der Waals surface area contributed by atoms with Crippen LogP contribution >= 0.6 is 0 Å². The quantitative estimate of drug-likeness (QED) is 0.611. The van der Waals surface area contributed by atoms with E-state index in [4.69, 9.17) is 14.2 Å². The van der Waals surface area contributed by atoms with Crippen molar-refractivity contribution in [3.63, 3.8) is 0 Å². The summed E-state index contributed by atoms with van der Waals surface area (Å²) in [5.41, 5.74) is 2.30. The Balaban J connectivity index is 1.67. The number of amides is 1. The fourth-order valence-corrected chi connectivity index (χ4v) is 2.82. The summed E-state index contributed by atoms with van der Waals surface area (Å²) in [5.74, 6) is 2.34. The summed E-state index contributed by atoms with van der Waals surface area (Å²) in [4.78, 5) is 12.0. The van der Waals surface area contributed by atoms with Crippen LogP contribution in [0.25, 0.3) is 0 Å². The molecule has 0 aliphatic heterocycles. The van der Waals surface area contributed by atoms with Gasteiger partial charge < -0.3 is 19.5 Å². The lowest BCUT2D eigenvalue weighted by molar-refractivity contribution is -0.121. The molecule has 0 aromatic heterocycles. The van der Waals surface area contributed by atoms with E-state index in [1.807, 2.05) is 37.3 Å². The van der Waals surface area contributed by atoms with Crippen molar-refractivity contribution in [3.05, 3.63) is 53.6 Å². The highest BCUT2D eigenvalue weighted by Gasteiger charge is 2.07. The van der Waals surface area contributed by atoms with Gasteiger partial charge in [0.25, 0.3) is 0 Å². The first kappa shape index (κ1) is 20.6. The Labute approximate surface area is 161 Å². The minimum Gasteiger partial charge on any atom is -0.494 e. The molecular weight excluding hydrogens is 342 g/mol. The molecule has 2 aromatic carbocycles. The summed E-state index contributed by atoms with van der Waals surface area (Å²) >= 11 is 0. The summed E-state index contributed by atoms with van der Waals surface area (Å²) in [5, 5.41) is 2.99. The van der Waals surface area contributed by atoms with Gasteiger partial charge in [0.2, 0.25) is 5.91 Å². The average molecular weight is 371 g/mol. The van der Waals surface area contributed by atoms with Gasteiger partial charge in [-0.25, -0.2) is 0 Å². The molecule has 0 atom stereocenters. The number of nitrogens with one attached hydrogen (secondary N) is 1. The molecule has 1 amide bonds. The molecule has 0 saturated carbocycles. The maximum atomic E-state index is 12.0. The van der Waals surface area contributed by atoms with Crippen LogP contribution in [0, 0.1) is 0 Å². The smallest absolute Gasteiger partial charge is 0.220 e. The number of rotatable bonds is 11. The Morgan fingerprint density at radius 3 is 2.30 bits per heavy atom. The highest BCUT2D eigenvalue weighted by Crippen LogP contribution is 2.27. The number of hydrogen-bond donors (Lipinski definition) is 1. The Bertz CT molecular complexity index is 713. The second kappa shape index (κ2) is 11.1. The number of benzene rings is 2. The minimum atomic E-state index is 0.0662. The molecule has 27 heavy (non-hydrogen) atoms. The highest BCUT2D eigenvalue weighted by molar-refractivity contribution is 5.76. The van der Waals surface area contributed by atoms with Crippen LogP contribution in [-0.4, -0.2) is 33.3 Å². The van der Waals surface area contributed by atoms with Crippen molar-refractivity contribution in [3.8, 4) is 17.2 Å². The van der Waals surface area contributed by atoms with Crippen molar-refractivity contribution in [1.29, 1.82) is 0 Å². The van der Waals surface area contributed by atoms with E-state index in [-0.39, 0.29) is 5.91 Å². The first-order valence-electron chi connectivity index (χ1n) is 9.35. The molecule has 5 nitrogen and oxygen atoms in total. The van der Waals surface area contributed by atoms with Gasteiger partial charge in [0.15, 0.2) is 11.5 Å². The Kier molecular flexibility index (Phi) is 8.49. The van der Waals surface area contributed by atoms with Crippen LogP contribution in [0.3, 0.4) is 0 Å². The number of methoxy groups -OCH3 is 2. The SMILES string of the molecule is CCOc1ccc(CCCNC(=O)CCc2ccc(OC)c(OC)c2)cc1. The predicted octanol–water partition coefficient (Wildman–Crippen LogP) is 3.78. The molecule has 0 radical (unpaired) electrons. The monoisotopic (exact) mass is 371 g/mol. The standard InChI is InChI=1S/C22H29NO4/c1-4-27-19-11-7-17(8-12-19)6-5-15-23-22(24)14-10-18-9-13-20(25-2)21(16-18)26-3/h7-9,11-13,16H,4-6,10,14-15H2,1-3H3,(H,23,24). The molecule has 0 heterocycles. The van der Waals surface area contributed by atoms with Gasteiger partial charge in [-0.2, -0.15) is 0 Å². The number of ether oxygens (including phenoxy) is 3. The van der Waals surface area contributed by atoms with Gasteiger partial charge in [0, 0.05) is 13.0 Å². The third-order valence-corrected chi connectivity index (χ3v) is 4.29. The molecule has 0 fully saturated rings. The third-order valence-electron chi connectivity index (χ3n) is 4.29. The molecule has 1 N–H and O–H groups in total. The van der Waals surface area contributed by atoms with E-state index >= 15 is 0 Å². The van der Waals surface area contributed by atoms with E-state index in [0.717, 1.165) is 24.2 Å². The van der Waals surface area contributed by atoms with E-state index in [2.05, 4.69) is 17.4 Å². The molecule has 0 bridgehead atoms. The van der Waals surface area contributed by atoms with Crippen molar-refractivity contribution in [2.75, 3.05) is 27.4 Å². The van der Waals surface area contributed by atoms with Gasteiger partial charge in [-0.05, 0) is 61.6 Å². The van der Waals surface area contributed by atoms with Crippen LogP contribution in [0.4, 0.5) is 0 Å². The first-order valence-corrected chi connectivity index (χ1v) is 9.35. The minimum absolute atomic E-state index is 0.0662. The van der Waals surface area contributed by atoms with Gasteiger partial charge >= 0.3 is 0 Å². The van der Waals surface area contributed by atoms with Gasteiger partial charge in [0.1, 0.15) is 5.75 Å². The van der Waals surface area contributed by atoms with Crippen molar-refractivity contribution >= 4 is 5.91 Å². The molecular formula is C22H29NO4. The molecule has 0 unspecified atom stereocenters. The molecule has 0 spiro atoms. The third kappa shape index (κ3) is 6.85. The molecule has 5 heteroatoms. The van der Waals surface area contributed by atoms with Gasteiger partial charge in [-0.3, -0.25) is 4.79 Å². The predicted molar refractivity (Wildman–Crippen MR) is 107 cm³/mol. The molecule has 0 aliphatic carbocycles. The largest absolute Gasteiger partial charge is 0.494 e. The second-order valence-electron chi connectivity index (χ2n) is 6.22. The number of hydrogen-bond acceptors (Lipinski definition) is 4. The summed E-state index contributed by atoms with van der Waals surface area (Å²) in [6, 6.07) is 13.9. The lowest BCUT2D eigenvalue weighted by Gasteiger charge is -2.10. The van der Waals surface area contributed by atoms with E-state index in [1.54, 1.807) is 14.2 Å². The molecule has 0 saturated heterocycles. The van der Waals surface area contributed by atoms with Gasteiger partial charge in [-0.15, -0.1) is 0 Å². The first-order chi connectivity index (χ1) is 13.2. The Morgan fingerprint density at radius 2 is 1.63 bits per heavy atom. The Morgan fingerprint density at radius 1 is 0.926 bits per heavy atom. The number of carbonyl (C=O) groups is 1. The highest BCUT2D eigenvalue weighted by atomic mass is 16.5. The molecule has 146 valence electrons. The van der Waals surface area contributed by atoms with Crippen molar-refractivity contribution < 1.29 is 19.0 Å². The zero-order valence-electron chi connectivity index (χ0n) is 16.4. The average Bonchev–Trinajstić information content (AvgIpc) is 2.70. The summed E-state index contributed by atoms with van der Waals surface area (Å²) in [6.45, 7) is 3.33. The van der Waals surface area contributed by atoms with E-state index in [0.29, 0.717) is 37.5 Å². The maximum Gasteiger partial charge on any atom is 0.220 e. The normalized spacial score (nSPS) is 10.3. The van der Waals surface area contributed by atoms with Crippen molar-refractivity contribution in [2.24, 2.45) is 0 Å². The van der Waals surface area contributed by atoms with Crippen molar-refractivity contribution in [1.82, 2.24) is 5.32 Å². The summed E-state index contributed by atoms with van der Waals surface area (Å²) < 4.78 is 16.0. The van der Waals surface area contributed by atoms with Crippen LogP contribution in [0.15, 0.2) is 42.5 Å². The van der Waals surface area contributed by atoms with Crippen LogP contribution in [-0.2, 0) is 17.6 Å². The van der Waals surface area contributed by atoms with Crippen LogP contribution in [0.2, 0.25) is 0 Å². The zero-order valence-corrected chi connectivity index (χ0v) is 16.4. The lowest BCUT2D eigenvalue weighted by Crippen LogP contribution is -2.24. The summed E-state index contributed by atoms with van der Waals surface area (Å²) in [7, 11) is 3.22. The number of carbonyl (C=O) groups excluding carboxylic acids is 1. The van der Waals surface area contributed by atoms with Crippen LogP contribution in [0.1, 0.15) is 30.9 Å². The molecule has 0 aliphatic rings. The topological polar surface area (TPSA) is 56.8 Å². The van der Waals surface area contributed by atoms with Gasteiger partial charge in [-0.1, -0.05) is 18.2 Å². The molecule has 2 rings (SSSR count). The molecule has 2 aromatic rings. The lowest BCUT2D eigenvalue weighted by atomic mass is 10.1. The van der Waals surface area contributed by atoms with Gasteiger partial charge in [0.05, 0.1) is 20.8 Å². The van der Waals surface area contributed by atoms with E-state index in [9.17, 15) is 4.79 Å². The summed E-state index contributed by atoms with van der Waals surface area (Å²) in [6.07, 6.45) is 2.97. The fraction of sp³-hybridized carbons (Fsp3) is 0.409. The van der Waals surface area contributed by atoms with E-state index in [1.165, 1.54) is 5.56 Å². The van der Waals surface area contributed by atoms with E-state index < -0.39 is 0 Å². The van der Waals surface area contributed by atoms with Crippen LogP contribution in [0.5, 0.6) is 17.2 Å². The fourth-order valence-electron chi connectivity index (χ4n) is 2.82. The van der Waals surface area contributed by atoms with Crippen molar-refractivity contribution in [2.45, 2.75) is 32.6 Å².